The molecule has 0 saturated heterocycles. The lowest BCUT2D eigenvalue weighted by molar-refractivity contribution is 0.0519. The van der Waals surface area contributed by atoms with Crippen molar-refractivity contribution in [3.63, 3.8) is 0 Å². The monoisotopic (exact) mass is 1310 g/mol. The summed E-state index contributed by atoms with van der Waals surface area (Å²) in [4.78, 5) is 35.5. The molecule has 4 atom stereocenters. The number of esters is 1. The van der Waals surface area contributed by atoms with Gasteiger partial charge in [-0.3, -0.25) is 4.79 Å². The van der Waals surface area contributed by atoms with Gasteiger partial charge in [0.1, 0.15) is 20.9 Å². The highest BCUT2D eigenvalue weighted by atomic mass is 79.9. The van der Waals surface area contributed by atoms with E-state index >= 15 is 0 Å². The van der Waals surface area contributed by atoms with Crippen molar-refractivity contribution in [1.29, 1.82) is 0 Å². The van der Waals surface area contributed by atoms with Crippen molar-refractivity contribution in [2.24, 2.45) is 5.73 Å². The van der Waals surface area contributed by atoms with Crippen molar-refractivity contribution in [3.8, 4) is 45.5 Å². The first-order chi connectivity index (χ1) is 39.4. The summed E-state index contributed by atoms with van der Waals surface area (Å²) in [6.07, 6.45) is 3.63. The molecular weight excluding hydrogens is 1240 g/mol. The Bertz CT molecular complexity index is 3210. The topological polar surface area (TPSA) is 197 Å². The molecule has 3 N–H and O–H groups in total. The maximum Gasteiger partial charge on any atom is 0.356 e. The number of aromatic nitrogens is 2. The van der Waals surface area contributed by atoms with Gasteiger partial charge in [-0.25, -0.2) is 14.8 Å². The van der Waals surface area contributed by atoms with E-state index in [2.05, 4.69) is 77.0 Å². The van der Waals surface area contributed by atoms with Crippen molar-refractivity contribution >= 4 is 80.6 Å². The Labute approximate surface area is 518 Å². The Kier molecular flexibility index (Phi) is 23.5. The van der Waals surface area contributed by atoms with E-state index in [9.17, 15) is 18.7 Å². The van der Waals surface area contributed by atoms with E-state index < -0.39 is 33.4 Å². The van der Waals surface area contributed by atoms with Crippen LogP contribution < -0.4 is 30.0 Å². The molecule has 1 amide bonds. The number of nitrogens with two attached hydrogens (primary N) is 1. The fraction of sp³-hybridized carbons (Fsp3) is 0.429. The van der Waals surface area contributed by atoms with Crippen LogP contribution in [0.15, 0.2) is 106 Å². The fourth-order valence-electron chi connectivity index (χ4n) is 9.77. The number of fused-ring (bicyclic) bond motifs is 4. The predicted octanol–water partition coefficient (Wildman–Crippen LogP) is 14.3. The molecule has 0 fully saturated rings. The van der Waals surface area contributed by atoms with Gasteiger partial charge in [0, 0.05) is 67.0 Å². The SMILES string of the molecule is CCC[C@@H]1c2c(cc(C(=O)NCc3ccc4c(c3)OCO4)nc2-c2cccc(Br)c2)CN1[S+]([O-])C(C)(C)C.CCC[C@@H]1c2c(cc(C(=O)OCC)nc2-c2cccc(Br)c2)CN1[S+]([O-])C(C)(C)C.NCc1ccc2c(c1)OCO2.[CH3][Al]([CH3])[CH3]. The molecule has 4 aliphatic heterocycles. The van der Waals surface area contributed by atoms with Crippen LogP contribution in [0.1, 0.15) is 154 Å². The van der Waals surface area contributed by atoms with Crippen LogP contribution in [-0.4, -0.2) is 83.4 Å². The zero-order valence-electron chi connectivity index (χ0n) is 49.9. The third-order valence-corrected chi connectivity index (χ3v) is 18.1. The lowest BCUT2D eigenvalue weighted by atomic mass is 9.95. The Hall–Kier alpha value is -4.69. The number of rotatable bonds is 14. The van der Waals surface area contributed by atoms with Gasteiger partial charge in [-0.2, -0.15) is 0 Å². The standard InChI is InChI=1S/C29H32BrN3O4S.C23H29BrN2O3S.C8H9NO2.3CH3.Al/c1-5-7-23-26-20(16-33(23)38(35)29(2,3)4)14-22(32-27(26)19-8-6-9-21(30)13-19)28(34)31-15-18-10-11-24-25(12-18)37-17-36-24;1-6-9-19-20-16(14-26(19)30(28)23(3,4)5)13-18(22(27)29-7-2)25-21(20)15-10-8-11-17(24)12-15;9-4-6-1-2-7-8(3-6)11-5-10-7;;;;/h6,8-14,23H,5,7,15-17H2,1-4H3,(H,31,34);8,10-13,19H,6-7,9,14H2,1-5H3;1-3H,4-5,9H2;3*1H3;/t23-,38?;19-,30?;;;;;/m11...../s1. The minimum absolute atomic E-state index is 0.0113. The third-order valence-electron chi connectivity index (χ3n) is 13.4. The molecule has 2 aromatic heterocycles. The molecule has 0 bridgehead atoms. The van der Waals surface area contributed by atoms with Gasteiger partial charge in [0.25, 0.3) is 20.1 Å². The van der Waals surface area contributed by atoms with Crippen molar-refractivity contribution < 1.29 is 42.4 Å². The molecule has 0 saturated carbocycles. The van der Waals surface area contributed by atoms with Crippen molar-refractivity contribution in [2.75, 3.05) is 20.2 Å². The number of amides is 1. The second-order valence-electron chi connectivity index (χ2n) is 23.1. The van der Waals surface area contributed by atoms with Crippen molar-refractivity contribution in [1.82, 2.24) is 23.9 Å². The van der Waals surface area contributed by atoms with E-state index in [1.165, 1.54) is 0 Å². The lowest BCUT2D eigenvalue weighted by Gasteiger charge is -2.33. The summed E-state index contributed by atoms with van der Waals surface area (Å²) < 4.78 is 58.5. The molecule has 15 nitrogen and oxygen atoms in total. The fourth-order valence-corrected chi connectivity index (χ4v) is 13.4. The molecule has 444 valence electrons. The second-order valence-corrected chi connectivity index (χ2v) is 32.8. The molecule has 6 aromatic rings. The number of nitrogens with one attached hydrogen (secondary N) is 1. The van der Waals surface area contributed by atoms with Gasteiger partial charge < -0.3 is 43.8 Å². The minimum atomic E-state index is -1.21. The first kappa shape index (κ1) is 65.8. The Morgan fingerprint density at radius 2 is 1.10 bits per heavy atom. The highest BCUT2D eigenvalue weighted by molar-refractivity contribution is 9.10. The van der Waals surface area contributed by atoms with E-state index in [4.69, 9.17) is 39.4 Å². The summed E-state index contributed by atoms with van der Waals surface area (Å²) in [6.45, 7) is 20.8. The van der Waals surface area contributed by atoms with E-state index in [1.54, 1.807) is 6.92 Å². The highest BCUT2D eigenvalue weighted by Gasteiger charge is 2.46. The van der Waals surface area contributed by atoms with Gasteiger partial charge in [-0.15, -0.1) is 26.0 Å². The number of carbonyl (C=O) groups is 2. The Morgan fingerprint density at radius 1 is 0.663 bits per heavy atom. The molecule has 20 heteroatoms. The van der Waals surface area contributed by atoms with Crippen molar-refractivity contribution in [2.45, 2.75) is 153 Å². The van der Waals surface area contributed by atoms with Crippen LogP contribution in [0, 0.1) is 0 Å². The molecule has 6 heterocycles. The molecule has 0 spiro atoms. The van der Waals surface area contributed by atoms with Gasteiger partial charge in [0.15, 0.2) is 23.0 Å². The number of benzene rings is 4. The van der Waals surface area contributed by atoms with Crippen LogP contribution in [0.5, 0.6) is 23.0 Å². The normalized spacial score (nSPS) is 16.4. The van der Waals surface area contributed by atoms with Crippen LogP contribution in [-0.2, 0) is 53.6 Å². The highest BCUT2D eigenvalue weighted by Crippen LogP contribution is 2.48. The number of halogens is 2. The number of hydrogen-bond acceptors (Lipinski definition) is 14. The van der Waals surface area contributed by atoms with Crippen molar-refractivity contribution in [3.05, 3.63) is 151 Å². The number of pyridine rings is 2. The average Bonchev–Trinajstić information content (AvgIpc) is 3.70. The van der Waals surface area contributed by atoms with Gasteiger partial charge in [0.05, 0.1) is 43.2 Å². The quantitative estimate of drug-likeness (QED) is 0.0593. The maximum absolute atomic E-state index is 13.6. The number of hydrogen-bond donors (Lipinski definition) is 2. The number of ether oxygens (including phenoxy) is 5. The Balaban J connectivity index is 0.000000194. The van der Waals surface area contributed by atoms with Crippen LogP contribution in [0.2, 0.25) is 17.4 Å². The summed E-state index contributed by atoms with van der Waals surface area (Å²) >= 11 is 4.59. The van der Waals surface area contributed by atoms with E-state index in [-0.39, 0.29) is 43.7 Å². The van der Waals surface area contributed by atoms with Gasteiger partial charge in [0.2, 0.25) is 13.6 Å². The molecule has 4 aromatic carbocycles. The molecule has 2 unspecified atom stereocenters. The zero-order chi connectivity index (χ0) is 60.3. The van der Waals surface area contributed by atoms with Crippen LogP contribution in [0.3, 0.4) is 0 Å². The molecule has 0 radical (unpaired) electrons. The smallest absolute Gasteiger partial charge is 0.356 e. The third kappa shape index (κ3) is 16.9. The van der Waals surface area contributed by atoms with Crippen LogP contribution >= 0.6 is 31.9 Å². The zero-order valence-corrected chi connectivity index (χ0v) is 55.8. The largest absolute Gasteiger partial charge is 0.597 e. The summed E-state index contributed by atoms with van der Waals surface area (Å²) in [5, 5.41) is 3.00. The molecule has 4 aliphatic rings. The molecule has 0 aliphatic carbocycles. The second kappa shape index (κ2) is 29.6. The van der Waals surface area contributed by atoms with E-state index in [0.29, 0.717) is 62.5 Å². The van der Waals surface area contributed by atoms with Gasteiger partial charge >= 0.3 is 5.97 Å². The van der Waals surface area contributed by atoms with E-state index in [1.807, 2.05) is 139 Å². The summed E-state index contributed by atoms with van der Waals surface area (Å²) in [5.74, 6) is 9.22. The average molecular weight is 1320 g/mol. The molecular formula is C63H79AlBr2N6O9S2. The predicted molar refractivity (Wildman–Crippen MR) is 340 cm³/mol. The van der Waals surface area contributed by atoms with Crippen LogP contribution in [0.4, 0.5) is 0 Å². The molecule has 10 rings (SSSR count). The van der Waals surface area contributed by atoms with E-state index in [0.717, 1.165) is 102 Å². The maximum atomic E-state index is 13.6. The van der Waals surface area contributed by atoms with Gasteiger partial charge in [-0.1, -0.05) is 94.9 Å². The number of nitrogens with zero attached hydrogens (tertiary/aromatic N) is 4. The van der Waals surface area contributed by atoms with Crippen LogP contribution in [0.25, 0.3) is 22.5 Å². The lowest BCUT2D eigenvalue weighted by Crippen LogP contribution is -2.42. The first-order valence-electron chi connectivity index (χ1n) is 28.3. The minimum Gasteiger partial charge on any atom is -0.597 e. The number of carbonyl (C=O) groups excluding carboxylic acids is 2. The Morgan fingerprint density at radius 3 is 1.53 bits per heavy atom. The first-order valence-corrected chi connectivity index (χ1v) is 35.6. The molecule has 83 heavy (non-hydrogen) atoms. The summed E-state index contributed by atoms with van der Waals surface area (Å²) in [6, 6.07) is 30.9. The summed E-state index contributed by atoms with van der Waals surface area (Å²) in [7, 11) is 0. The summed E-state index contributed by atoms with van der Waals surface area (Å²) in [5.41, 5.74) is 15.6. The van der Waals surface area contributed by atoms with Gasteiger partial charge in [-0.05, 0) is 144 Å².